The zero-order chi connectivity index (χ0) is 58.5. The predicted octanol–water partition coefficient (Wildman–Crippen LogP) is 25.8. The van der Waals surface area contributed by atoms with Crippen molar-refractivity contribution in [1.82, 2.24) is 0 Å². The molecule has 0 fully saturated rings. The highest BCUT2D eigenvalue weighted by Gasteiger charge is 2.20. The highest BCUT2D eigenvalue weighted by molar-refractivity contribution is 5.71. The molecule has 0 radical (unpaired) electrons. The first kappa shape index (κ1) is 79.4. The van der Waals surface area contributed by atoms with E-state index in [-0.39, 0.29) is 31.1 Å². The third-order valence-electron chi connectivity index (χ3n) is 17.6. The minimum atomic E-state index is -0.764. The van der Waals surface area contributed by atoms with Gasteiger partial charge < -0.3 is 14.2 Å². The highest BCUT2D eigenvalue weighted by Crippen LogP contribution is 2.20. The van der Waals surface area contributed by atoms with Crippen molar-refractivity contribution in [3.63, 3.8) is 0 Å². The molecule has 1 atom stereocenters. The molecule has 6 heteroatoms. The summed E-state index contributed by atoms with van der Waals surface area (Å²) in [5.41, 5.74) is 0. The van der Waals surface area contributed by atoms with Crippen LogP contribution < -0.4 is 0 Å². The Kier molecular flexibility index (Phi) is 69.5. The Morgan fingerprint density at radius 3 is 0.494 bits per heavy atom. The molecule has 81 heavy (non-hydrogen) atoms. The summed E-state index contributed by atoms with van der Waals surface area (Å²) in [6.07, 6.45) is 84.4. The quantitative estimate of drug-likeness (QED) is 0.0343. The van der Waals surface area contributed by atoms with Crippen molar-refractivity contribution in [3.8, 4) is 0 Å². The van der Waals surface area contributed by atoms with E-state index in [1.807, 2.05) is 0 Å². The molecule has 0 rings (SSSR count). The maximum Gasteiger partial charge on any atom is 0.306 e. The van der Waals surface area contributed by atoms with Crippen LogP contribution in [0.25, 0.3) is 0 Å². The van der Waals surface area contributed by atoms with Crippen LogP contribution in [0.3, 0.4) is 0 Å². The summed E-state index contributed by atoms with van der Waals surface area (Å²) in [7, 11) is 0. The van der Waals surface area contributed by atoms with E-state index in [2.05, 4.69) is 20.8 Å². The lowest BCUT2D eigenvalue weighted by atomic mass is 10.0. The molecular formula is C75H146O6. The monoisotopic (exact) mass is 1140 g/mol. The SMILES string of the molecule is CCCCCCCCCCCCCCCCCCCCCCCCCCCCCC(=O)OCC(COC(=O)CCCCCCCCCCCCCCC)OC(=O)CCCCCCCCCCCCCCCCCCCCCCCCC. The van der Waals surface area contributed by atoms with E-state index in [0.717, 1.165) is 57.8 Å². The Morgan fingerprint density at radius 1 is 0.198 bits per heavy atom. The number of hydrogen-bond donors (Lipinski definition) is 0. The zero-order valence-corrected chi connectivity index (χ0v) is 55.6. The molecule has 0 spiro atoms. The van der Waals surface area contributed by atoms with Crippen LogP contribution in [0.4, 0.5) is 0 Å². The van der Waals surface area contributed by atoms with Gasteiger partial charge in [0.2, 0.25) is 0 Å². The van der Waals surface area contributed by atoms with E-state index in [0.29, 0.717) is 19.3 Å². The normalized spacial score (nSPS) is 11.9. The van der Waals surface area contributed by atoms with Crippen molar-refractivity contribution >= 4 is 17.9 Å². The van der Waals surface area contributed by atoms with Gasteiger partial charge in [0.05, 0.1) is 0 Å². The fraction of sp³-hybridized carbons (Fsp3) is 0.960. The summed E-state index contributed by atoms with van der Waals surface area (Å²) in [5, 5.41) is 0. The van der Waals surface area contributed by atoms with Gasteiger partial charge in [-0.3, -0.25) is 14.4 Å². The molecule has 0 aromatic rings. The van der Waals surface area contributed by atoms with Gasteiger partial charge in [-0.2, -0.15) is 0 Å². The van der Waals surface area contributed by atoms with E-state index in [4.69, 9.17) is 14.2 Å². The number of carbonyl (C=O) groups is 3. The standard InChI is InChI=1S/C75H146O6/c1-4-7-10-13-16-19-22-25-27-29-31-33-35-36-37-38-40-41-43-45-47-50-53-56-59-62-65-68-74(77)80-71-72(70-79-73(76)67-64-61-58-55-52-49-24-21-18-15-12-9-6-3)81-75(78)69-66-63-60-57-54-51-48-46-44-42-39-34-32-30-28-26-23-20-17-14-11-8-5-2/h72H,4-71H2,1-3H3. The number of hydrogen-bond acceptors (Lipinski definition) is 6. The lowest BCUT2D eigenvalue weighted by molar-refractivity contribution is -0.167. The van der Waals surface area contributed by atoms with Crippen LogP contribution in [-0.2, 0) is 28.6 Å². The molecule has 6 nitrogen and oxygen atoms in total. The minimum Gasteiger partial charge on any atom is -0.462 e. The Balaban J connectivity index is 4.15. The average Bonchev–Trinajstić information content (AvgIpc) is 3.46. The Morgan fingerprint density at radius 2 is 0.333 bits per heavy atom. The molecule has 0 aliphatic heterocycles. The summed E-state index contributed by atoms with van der Waals surface area (Å²) < 4.78 is 17.0. The zero-order valence-electron chi connectivity index (χ0n) is 55.6. The second-order valence-electron chi connectivity index (χ2n) is 25.9. The molecule has 0 saturated heterocycles. The first-order chi connectivity index (χ1) is 40.0. The largest absolute Gasteiger partial charge is 0.462 e. The minimum absolute atomic E-state index is 0.0600. The summed E-state index contributed by atoms with van der Waals surface area (Å²) >= 11 is 0. The van der Waals surface area contributed by atoms with Gasteiger partial charge in [-0.05, 0) is 19.3 Å². The third kappa shape index (κ3) is 69.1. The molecular weight excluding hydrogens is 997 g/mol. The van der Waals surface area contributed by atoms with Crippen LogP contribution in [0.2, 0.25) is 0 Å². The van der Waals surface area contributed by atoms with E-state index in [9.17, 15) is 14.4 Å². The fourth-order valence-corrected chi connectivity index (χ4v) is 12.0. The summed E-state index contributed by atoms with van der Waals surface area (Å²) in [6, 6.07) is 0. The second kappa shape index (κ2) is 70.9. The van der Waals surface area contributed by atoms with E-state index >= 15 is 0 Å². The molecule has 0 bridgehead atoms. The molecule has 482 valence electrons. The van der Waals surface area contributed by atoms with E-state index < -0.39 is 6.10 Å². The molecule has 0 saturated carbocycles. The number of ether oxygens (including phenoxy) is 3. The summed E-state index contributed by atoms with van der Waals surface area (Å²) in [5.74, 6) is -0.817. The molecule has 1 unspecified atom stereocenters. The van der Waals surface area contributed by atoms with E-state index in [1.165, 1.54) is 347 Å². The van der Waals surface area contributed by atoms with Gasteiger partial charge in [0.15, 0.2) is 6.10 Å². The van der Waals surface area contributed by atoms with Crippen molar-refractivity contribution < 1.29 is 28.6 Å². The number of carbonyl (C=O) groups excluding carboxylic acids is 3. The van der Waals surface area contributed by atoms with Crippen molar-refractivity contribution in [2.75, 3.05) is 13.2 Å². The second-order valence-corrected chi connectivity index (χ2v) is 25.9. The molecule has 0 N–H and O–H groups in total. The molecule has 0 aromatic heterocycles. The Hall–Kier alpha value is -1.59. The van der Waals surface area contributed by atoms with Gasteiger partial charge in [0, 0.05) is 19.3 Å². The molecule has 0 aliphatic carbocycles. The van der Waals surface area contributed by atoms with Crippen molar-refractivity contribution in [2.24, 2.45) is 0 Å². The lowest BCUT2D eigenvalue weighted by Crippen LogP contribution is -2.30. The van der Waals surface area contributed by atoms with Gasteiger partial charge in [-0.1, -0.05) is 406 Å². The molecule has 0 aliphatic rings. The lowest BCUT2D eigenvalue weighted by Gasteiger charge is -2.18. The average molecular weight is 1140 g/mol. The van der Waals surface area contributed by atoms with Crippen molar-refractivity contribution in [1.29, 1.82) is 0 Å². The van der Waals surface area contributed by atoms with Crippen LogP contribution >= 0.6 is 0 Å². The van der Waals surface area contributed by atoms with Crippen LogP contribution in [0.15, 0.2) is 0 Å². The predicted molar refractivity (Wildman–Crippen MR) is 354 cm³/mol. The summed E-state index contributed by atoms with van der Waals surface area (Å²) in [6.45, 7) is 6.75. The van der Waals surface area contributed by atoms with Crippen molar-refractivity contribution in [3.05, 3.63) is 0 Å². The van der Waals surface area contributed by atoms with Crippen molar-refractivity contribution in [2.45, 2.75) is 451 Å². The molecule has 0 aromatic carbocycles. The number of unbranched alkanes of at least 4 members (excludes halogenated alkanes) is 60. The summed E-state index contributed by atoms with van der Waals surface area (Å²) in [4.78, 5) is 38.5. The van der Waals surface area contributed by atoms with Crippen LogP contribution in [-0.4, -0.2) is 37.2 Å². The van der Waals surface area contributed by atoms with Gasteiger partial charge in [0.1, 0.15) is 13.2 Å². The molecule has 0 amide bonds. The number of esters is 3. The molecule has 0 heterocycles. The number of rotatable bonds is 71. The van der Waals surface area contributed by atoms with Crippen LogP contribution in [0.1, 0.15) is 445 Å². The maximum atomic E-state index is 13.0. The first-order valence-corrected chi connectivity index (χ1v) is 37.5. The van der Waals surface area contributed by atoms with E-state index in [1.54, 1.807) is 0 Å². The van der Waals surface area contributed by atoms with Crippen LogP contribution in [0, 0.1) is 0 Å². The maximum absolute atomic E-state index is 13.0. The topological polar surface area (TPSA) is 78.9 Å². The van der Waals surface area contributed by atoms with Crippen LogP contribution in [0.5, 0.6) is 0 Å². The fourth-order valence-electron chi connectivity index (χ4n) is 12.0. The van der Waals surface area contributed by atoms with Gasteiger partial charge in [-0.25, -0.2) is 0 Å². The Labute approximate surface area is 508 Å². The van der Waals surface area contributed by atoms with Gasteiger partial charge >= 0.3 is 17.9 Å². The first-order valence-electron chi connectivity index (χ1n) is 37.5. The van der Waals surface area contributed by atoms with Gasteiger partial charge in [0.25, 0.3) is 0 Å². The smallest absolute Gasteiger partial charge is 0.306 e. The Bertz CT molecular complexity index is 1220. The third-order valence-corrected chi connectivity index (χ3v) is 17.6. The van der Waals surface area contributed by atoms with Gasteiger partial charge in [-0.15, -0.1) is 0 Å². The highest BCUT2D eigenvalue weighted by atomic mass is 16.6.